The van der Waals surface area contributed by atoms with Gasteiger partial charge in [0.2, 0.25) is 0 Å². The molecule has 0 radical (unpaired) electrons. The molecule has 0 aromatic heterocycles. The van der Waals surface area contributed by atoms with Crippen LogP contribution in [-0.4, -0.2) is 77.7 Å². The van der Waals surface area contributed by atoms with Crippen molar-refractivity contribution in [1.29, 1.82) is 0 Å². The van der Waals surface area contributed by atoms with Crippen LogP contribution in [0.25, 0.3) is 0 Å². The average Bonchev–Trinajstić information content (AvgIpc) is 3.20. The standard InChI is InChI=1S/C16H31N3O3/c1-17-16(19(2)10-14-4-8-21-11-14)18-6-3-7-20-12-15-5-9-22-13-15/h14-15H,3-13H2,1-2H3,(H,17,18). The molecular weight excluding hydrogens is 282 g/mol. The summed E-state index contributed by atoms with van der Waals surface area (Å²) in [5.74, 6) is 2.18. The minimum atomic E-state index is 0.598. The van der Waals surface area contributed by atoms with E-state index in [-0.39, 0.29) is 0 Å². The molecule has 0 aromatic rings. The Balaban J connectivity index is 1.51. The van der Waals surface area contributed by atoms with Crippen molar-refractivity contribution in [2.24, 2.45) is 16.8 Å². The predicted molar refractivity (Wildman–Crippen MR) is 87.3 cm³/mol. The highest BCUT2D eigenvalue weighted by Crippen LogP contribution is 2.13. The van der Waals surface area contributed by atoms with E-state index < -0.39 is 0 Å². The number of rotatable bonds is 8. The molecule has 22 heavy (non-hydrogen) atoms. The second-order valence-electron chi connectivity index (χ2n) is 6.24. The van der Waals surface area contributed by atoms with Gasteiger partial charge >= 0.3 is 0 Å². The van der Waals surface area contributed by atoms with Gasteiger partial charge in [-0.25, -0.2) is 0 Å². The van der Waals surface area contributed by atoms with Gasteiger partial charge in [0.05, 0.1) is 19.8 Å². The van der Waals surface area contributed by atoms with Crippen molar-refractivity contribution in [3.05, 3.63) is 0 Å². The van der Waals surface area contributed by atoms with Crippen LogP contribution in [0.3, 0.4) is 0 Å². The van der Waals surface area contributed by atoms with Gasteiger partial charge in [-0.2, -0.15) is 0 Å². The smallest absolute Gasteiger partial charge is 0.193 e. The Labute approximate surface area is 134 Å². The van der Waals surface area contributed by atoms with Crippen LogP contribution >= 0.6 is 0 Å². The molecule has 6 nitrogen and oxygen atoms in total. The lowest BCUT2D eigenvalue weighted by molar-refractivity contribution is 0.0887. The van der Waals surface area contributed by atoms with Crippen molar-refractivity contribution in [1.82, 2.24) is 10.2 Å². The summed E-state index contributed by atoms with van der Waals surface area (Å²) in [6.45, 7) is 7.03. The number of nitrogens with one attached hydrogen (secondary N) is 1. The molecule has 0 aromatic carbocycles. The van der Waals surface area contributed by atoms with Crippen LogP contribution in [0.15, 0.2) is 4.99 Å². The molecule has 2 aliphatic heterocycles. The fourth-order valence-electron chi connectivity index (χ4n) is 2.93. The largest absolute Gasteiger partial charge is 0.381 e. The third kappa shape index (κ3) is 6.10. The van der Waals surface area contributed by atoms with Crippen LogP contribution in [0.5, 0.6) is 0 Å². The predicted octanol–water partition coefficient (Wildman–Crippen LogP) is 0.973. The summed E-state index contributed by atoms with van der Waals surface area (Å²) < 4.78 is 16.5. The summed E-state index contributed by atoms with van der Waals surface area (Å²) in [7, 11) is 3.92. The Kier molecular flexibility index (Phi) is 7.98. The molecule has 2 saturated heterocycles. The molecule has 0 spiro atoms. The molecule has 1 N–H and O–H groups in total. The lowest BCUT2D eigenvalue weighted by Crippen LogP contribution is -2.42. The SMILES string of the molecule is CN=C(NCCCOCC1CCOC1)N(C)CC1CCOC1. The summed E-state index contributed by atoms with van der Waals surface area (Å²) in [6.07, 6.45) is 3.29. The molecule has 0 bridgehead atoms. The first-order valence-electron chi connectivity index (χ1n) is 8.44. The van der Waals surface area contributed by atoms with E-state index in [0.29, 0.717) is 11.8 Å². The molecule has 0 amide bonds. The molecule has 2 unspecified atom stereocenters. The number of aliphatic imine (C=N–C) groups is 1. The van der Waals surface area contributed by atoms with E-state index in [1.54, 1.807) is 0 Å². The summed E-state index contributed by atoms with van der Waals surface area (Å²) in [6, 6.07) is 0. The number of guanidine groups is 1. The second-order valence-corrected chi connectivity index (χ2v) is 6.24. The van der Waals surface area contributed by atoms with Gasteiger partial charge in [-0.05, 0) is 19.3 Å². The zero-order chi connectivity index (χ0) is 15.6. The lowest BCUT2D eigenvalue weighted by atomic mass is 10.1. The molecule has 2 heterocycles. The fraction of sp³-hybridized carbons (Fsp3) is 0.938. The van der Waals surface area contributed by atoms with Crippen molar-refractivity contribution in [3.63, 3.8) is 0 Å². The molecule has 2 atom stereocenters. The van der Waals surface area contributed by atoms with Crippen LogP contribution in [0.4, 0.5) is 0 Å². The third-order valence-electron chi connectivity index (χ3n) is 4.26. The van der Waals surface area contributed by atoms with Crippen molar-refractivity contribution >= 4 is 5.96 Å². The molecule has 6 heteroatoms. The molecule has 0 saturated carbocycles. The second kappa shape index (κ2) is 10.0. The molecular formula is C16H31N3O3. The normalized spacial score (nSPS) is 25.6. The molecule has 2 fully saturated rings. The Morgan fingerprint density at radius 2 is 1.95 bits per heavy atom. The van der Waals surface area contributed by atoms with Gasteiger partial charge in [-0.3, -0.25) is 4.99 Å². The Hall–Kier alpha value is -0.850. The summed E-state index contributed by atoms with van der Waals surface area (Å²) in [5.41, 5.74) is 0. The highest BCUT2D eigenvalue weighted by Gasteiger charge is 2.19. The van der Waals surface area contributed by atoms with E-state index in [2.05, 4.69) is 22.3 Å². The van der Waals surface area contributed by atoms with Crippen LogP contribution in [0, 0.1) is 11.8 Å². The summed E-state index contributed by atoms with van der Waals surface area (Å²) in [4.78, 5) is 6.53. The topological polar surface area (TPSA) is 55.3 Å². The first-order chi connectivity index (χ1) is 10.8. The molecule has 0 aliphatic carbocycles. The van der Waals surface area contributed by atoms with Gasteiger partial charge in [0, 0.05) is 58.8 Å². The van der Waals surface area contributed by atoms with Gasteiger partial charge in [-0.15, -0.1) is 0 Å². The van der Waals surface area contributed by atoms with Crippen molar-refractivity contribution in [2.45, 2.75) is 19.3 Å². The first kappa shape index (κ1) is 17.5. The highest BCUT2D eigenvalue weighted by atomic mass is 16.5. The number of nitrogens with zero attached hydrogens (tertiary/aromatic N) is 2. The van der Waals surface area contributed by atoms with Gasteiger partial charge in [0.1, 0.15) is 0 Å². The molecule has 2 rings (SSSR count). The number of hydrogen-bond acceptors (Lipinski definition) is 4. The van der Waals surface area contributed by atoms with E-state index >= 15 is 0 Å². The highest BCUT2D eigenvalue weighted by molar-refractivity contribution is 5.79. The van der Waals surface area contributed by atoms with Crippen LogP contribution in [0.2, 0.25) is 0 Å². The zero-order valence-electron chi connectivity index (χ0n) is 14.1. The maximum atomic E-state index is 5.71. The van der Waals surface area contributed by atoms with Gasteiger partial charge < -0.3 is 24.4 Å². The monoisotopic (exact) mass is 313 g/mol. The van der Waals surface area contributed by atoms with Gasteiger partial charge in [-0.1, -0.05) is 0 Å². The van der Waals surface area contributed by atoms with E-state index in [1.165, 1.54) is 0 Å². The molecule has 128 valence electrons. The Morgan fingerprint density at radius 1 is 1.23 bits per heavy atom. The average molecular weight is 313 g/mol. The Morgan fingerprint density at radius 3 is 2.59 bits per heavy atom. The Bertz CT molecular complexity index is 327. The number of hydrogen-bond donors (Lipinski definition) is 1. The minimum Gasteiger partial charge on any atom is -0.381 e. The van der Waals surface area contributed by atoms with E-state index in [1.807, 2.05) is 7.05 Å². The third-order valence-corrected chi connectivity index (χ3v) is 4.26. The zero-order valence-corrected chi connectivity index (χ0v) is 14.1. The van der Waals surface area contributed by atoms with E-state index in [0.717, 1.165) is 78.0 Å². The molecule has 2 aliphatic rings. The fourth-order valence-corrected chi connectivity index (χ4v) is 2.93. The lowest BCUT2D eigenvalue weighted by Gasteiger charge is -2.24. The van der Waals surface area contributed by atoms with E-state index in [4.69, 9.17) is 14.2 Å². The van der Waals surface area contributed by atoms with Crippen LogP contribution in [-0.2, 0) is 14.2 Å². The van der Waals surface area contributed by atoms with Gasteiger partial charge in [0.25, 0.3) is 0 Å². The summed E-state index contributed by atoms with van der Waals surface area (Å²) >= 11 is 0. The quantitative estimate of drug-likeness (QED) is 0.411. The van der Waals surface area contributed by atoms with Gasteiger partial charge in [0.15, 0.2) is 5.96 Å². The number of ether oxygens (including phenoxy) is 3. The first-order valence-corrected chi connectivity index (χ1v) is 8.44. The summed E-state index contributed by atoms with van der Waals surface area (Å²) in [5, 5.41) is 3.40. The van der Waals surface area contributed by atoms with Crippen molar-refractivity contribution in [3.8, 4) is 0 Å². The minimum absolute atomic E-state index is 0.598. The van der Waals surface area contributed by atoms with Crippen molar-refractivity contribution in [2.75, 3.05) is 66.8 Å². The van der Waals surface area contributed by atoms with Crippen molar-refractivity contribution < 1.29 is 14.2 Å². The van der Waals surface area contributed by atoms with E-state index in [9.17, 15) is 0 Å². The maximum absolute atomic E-state index is 5.71. The van der Waals surface area contributed by atoms with Crippen LogP contribution in [0.1, 0.15) is 19.3 Å². The van der Waals surface area contributed by atoms with Crippen LogP contribution < -0.4 is 5.32 Å². The maximum Gasteiger partial charge on any atom is 0.193 e.